The minimum atomic E-state index is -1.19. The van der Waals surface area contributed by atoms with Gasteiger partial charge in [0.15, 0.2) is 0 Å². The van der Waals surface area contributed by atoms with Crippen LogP contribution in [0.2, 0.25) is 0 Å². The van der Waals surface area contributed by atoms with Gasteiger partial charge in [0, 0.05) is 19.5 Å². The average molecular weight is 386 g/mol. The molecule has 3 N–H and O–H groups in total. The van der Waals surface area contributed by atoms with E-state index in [2.05, 4.69) is 10.6 Å². The summed E-state index contributed by atoms with van der Waals surface area (Å²) in [4.78, 5) is 23.9. The lowest BCUT2D eigenvalue weighted by atomic mass is 9.96. The molecule has 2 aromatic carbocycles. The number of carbonyl (C=O) groups is 2. The molecule has 0 aliphatic carbocycles. The van der Waals surface area contributed by atoms with Gasteiger partial charge >= 0.3 is 11.8 Å². The fraction of sp³-hybridized carbons (Fsp3) is 0.333. The van der Waals surface area contributed by atoms with Crippen molar-refractivity contribution >= 4 is 11.8 Å². The molecule has 0 radical (unpaired) electrons. The third kappa shape index (κ3) is 6.59. The number of hydrogen-bond donors (Lipinski definition) is 3. The first kappa shape index (κ1) is 21.2. The van der Waals surface area contributed by atoms with Crippen molar-refractivity contribution in [2.45, 2.75) is 25.5 Å². The Kier molecular flexibility index (Phi) is 7.40. The number of nitrogens with one attached hydrogen (secondary N) is 2. The molecule has 2 aromatic rings. The summed E-state index contributed by atoms with van der Waals surface area (Å²) in [5.74, 6) is -0.100. The zero-order valence-electron chi connectivity index (χ0n) is 16.3. The van der Waals surface area contributed by atoms with Crippen LogP contribution in [-0.2, 0) is 22.6 Å². The van der Waals surface area contributed by atoms with Gasteiger partial charge in [-0.2, -0.15) is 0 Å². The second-order valence-electron chi connectivity index (χ2n) is 6.74. The fourth-order valence-electron chi connectivity index (χ4n) is 2.60. The van der Waals surface area contributed by atoms with Gasteiger partial charge in [0.1, 0.15) is 11.5 Å². The number of methoxy groups -OCH3 is 2. The third-order valence-corrected chi connectivity index (χ3v) is 4.19. The highest BCUT2D eigenvalue weighted by atomic mass is 16.5. The van der Waals surface area contributed by atoms with Crippen molar-refractivity contribution in [2.24, 2.45) is 0 Å². The van der Waals surface area contributed by atoms with Gasteiger partial charge in [-0.3, -0.25) is 9.59 Å². The highest BCUT2D eigenvalue weighted by Gasteiger charge is 2.23. The van der Waals surface area contributed by atoms with Crippen molar-refractivity contribution in [3.05, 3.63) is 59.7 Å². The van der Waals surface area contributed by atoms with Crippen molar-refractivity contribution < 1.29 is 24.2 Å². The van der Waals surface area contributed by atoms with Crippen LogP contribution < -0.4 is 20.1 Å². The molecular formula is C21H26N2O5. The third-order valence-electron chi connectivity index (χ3n) is 4.19. The molecule has 2 amide bonds. The van der Waals surface area contributed by atoms with Gasteiger partial charge in [0.05, 0.1) is 19.8 Å². The highest BCUT2D eigenvalue weighted by molar-refractivity contribution is 6.35. The number of hydrogen-bond acceptors (Lipinski definition) is 5. The molecule has 7 heteroatoms. The minimum absolute atomic E-state index is 0.0478. The molecule has 0 aliphatic heterocycles. The van der Waals surface area contributed by atoms with Crippen LogP contribution >= 0.6 is 0 Å². The number of rotatable bonds is 8. The first-order chi connectivity index (χ1) is 13.3. The minimum Gasteiger partial charge on any atom is -0.497 e. The Hall–Kier alpha value is -3.06. The topological polar surface area (TPSA) is 96.9 Å². The van der Waals surface area contributed by atoms with Crippen LogP contribution in [-0.4, -0.2) is 43.3 Å². The predicted molar refractivity (Wildman–Crippen MR) is 105 cm³/mol. The van der Waals surface area contributed by atoms with Crippen LogP contribution in [0.3, 0.4) is 0 Å². The summed E-state index contributed by atoms with van der Waals surface area (Å²) < 4.78 is 10.2. The molecule has 150 valence electrons. The van der Waals surface area contributed by atoms with Gasteiger partial charge in [0.25, 0.3) is 0 Å². The first-order valence-electron chi connectivity index (χ1n) is 8.87. The summed E-state index contributed by atoms with van der Waals surface area (Å²) in [5.41, 5.74) is 0.540. The second kappa shape index (κ2) is 9.75. The van der Waals surface area contributed by atoms with E-state index in [9.17, 15) is 14.7 Å². The Balaban J connectivity index is 1.79. The Morgan fingerprint density at radius 2 is 1.32 bits per heavy atom. The van der Waals surface area contributed by atoms with Crippen molar-refractivity contribution in [3.8, 4) is 11.5 Å². The number of carbonyl (C=O) groups excluding carboxylic acids is 2. The maximum absolute atomic E-state index is 12.0. The van der Waals surface area contributed by atoms with Gasteiger partial charge in [-0.1, -0.05) is 24.3 Å². The summed E-state index contributed by atoms with van der Waals surface area (Å²) in [5, 5.41) is 15.5. The Labute approximate surface area is 164 Å². The summed E-state index contributed by atoms with van der Waals surface area (Å²) in [6, 6.07) is 14.4. The number of aliphatic hydroxyl groups is 1. The molecule has 0 bridgehead atoms. The standard InChI is InChI=1S/C21H26N2O5/c1-21(26,12-15-4-8-17(27-2)9-5-15)14-23-20(25)19(24)22-13-16-6-10-18(28-3)11-7-16/h4-11,26H,12-14H2,1-3H3,(H,22,24)(H,23,25). The average Bonchev–Trinajstić information content (AvgIpc) is 2.71. The Bertz CT molecular complexity index is 785. The lowest BCUT2D eigenvalue weighted by Gasteiger charge is -2.23. The van der Waals surface area contributed by atoms with Crippen molar-refractivity contribution in [1.82, 2.24) is 10.6 Å². The lowest BCUT2D eigenvalue weighted by Crippen LogP contribution is -2.47. The predicted octanol–water partition coefficient (Wildman–Crippen LogP) is 1.43. The van der Waals surface area contributed by atoms with Crippen LogP contribution in [0.25, 0.3) is 0 Å². The van der Waals surface area contributed by atoms with E-state index < -0.39 is 17.4 Å². The molecule has 28 heavy (non-hydrogen) atoms. The molecule has 0 aliphatic rings. The van der Waals surface area contributed by atoms with Crippen LogP contribution in [0.4, 0.5) is 0 Å². The van der Waals surface area contributed by atoms with Gasteiger partial charge in [-0.15, -0.1) is 0 Å². The van der Waals surface area contributed by atoms with Gasteiger partial charge in [0.2, 0.25) is 0 Å². The quantitative estimate of drug-likeness (QED) is 0.597. The molecule has 0 heterocycles. The summed E-state index contributed by atoms with van der Waals surface area (Å²) >= 11 is 0. The van der Waals surface area contributed by atoms with Crippen molar-refractivity contribution in [1.29, 1.82) is 0 Å². The summed E-state index contributed by atoms with van der Waals surface area (Å²) in [6.07, 6.45) is 0.324. The molecule has 0 saturated heterocycles. The first-order valence-corrected chi connectivity index (χ1v) is 8.87. The molecular weight excluding hydrogens is 360 g/mol. The number of amides is 2. The van der Waals surface area contributed by atoms with E-state index >= 15 is 0 Å². The lowest BCUT2D eigenvalue weighted by molar-refractivity contribution is -0.139. The van der Waals surface area contributed by atoms with Crippen LogP contribution in [0.15, 0.2) is 48.5 Å². The Morgan fingerprint density at radius 3 is 1.82 bits per heavy atom. The molecule has 1 atom stereocenters. The van der Waals surface area contributed by atoms with Gasteiger partial charge in [-0.25, -0.2) is 0 Å². The number of benzene rings is 2. The van der Waals surface area contributed by atoms with E-state index in [0.717, 1.165) is 16.9 Å². The second-order valence-corrected chi connectivity index (χ2v) is 6.74. The molecule has 7 nitrogen and oxygen atoms in total. The summed E-state index contributed by atoms with van der Waals surface area (Å²) in [7, 11) is 3.16. The molecule has 0 aromatic heterocycles. The van der Waals surface area contributed by atoms with E-state index in [-0.39, 0.29) is 13.1 Å². The molecule has 0 fully saturated rings. The Morgan fingerprint density at radius 1 is 0.857 bits per heavy atom. The van der Waals surface area contributed by atoms with Crippen molar-refractivity contribution in [3.63, 3.8) is 0 Å². The van der Waals surface area contributed by atoms with Crippen LogP contribution in [0, 0.1) is 0 Å². The van der Waals surface area contributed by atoms with E-state index in [0.29, 0.717) is 12.2 Å². The normalized spacial score (nSPS) is 12.6. The number of ether oxygens (including phenoxy) is 2. The molecule has 0 spiro atoms. The van der Waals surface area contributed by atoms with E-state index in [4.69, 9.17) is 9.47 Å². The zero-order chi connectivity index (χ0) is 20.6. The molecule has 1 unspecified atom stereocenters. The molecule has 2 rings (SSSR count). The smallest absolute Gasteiger partial charge is 0.309 e. The van der Waals surface area contributed by atoms with E-state index in [1.807, 2.05) is 12.1 Å². The van der Waals surface area contributed by atoms with Crippen LogP contribution in [0.1, 0.15) is 18.1 Å². The van der Waals surface area contributed by atoms with Crippen LogP contribution in [0.5, 0.6) is 11.5 Å². The largest absolute Gasteiger partial charge is 0.497 e. The van der Waals surface area contributed by atoms with Gasteiger partial charge in [-0.05, 0) is 42.3 Å². The summed E-state index contributed by atoms with van der Waals surface area (Å²) in [6.45, 7) is 1.78. The van der Waals surface area contributed by atoms with E-state index in [1.54, 1.807) is 57.5 Å². The maximum atomic E-state index is 12.0. The highest BCUT2D eigenvalue weighted by Crippen LogP contribution is 2.16. The van der Waals surface area contributed by atoms with Gasteiger partial charge < -0.3 is 25.2 Å². The van der Waals surface area contributed by atoms with Crippen molar-refractivity contribution in [2.75, 3.05) is 20.8 Å². The SMILES string of the molecule is COc1ccc(CNC(=O)C(=O)NCC(C)(O)Cc2ccc(OC)cc2)cc1. The van der Waals surface area contributed by atoms with E-state index in [1.165, 1.54) is 0 Å². The fourth-order valence-corrected chi connectivity index (χ4v) is 2.60. The maximum Gasteiger partial charge on any atom is 0.309 e. The monoisotopic (exact) mass is 386 g/mol. The molecule has 0 saturated carbocycles. The zero-order valence-corrected chi connectivity index (χ0v) is 16.3.